The van der Waals surface area contributed by atoms with Crippen LogP contribution in [0.4, 0.5) is 0 Å². The maximum Gasteiger partial charge on any atom is 0.326 e. The molecule has 3 aromatic heterocycles. The summed E-state index contributed by atoms with van der Waals surface area (Å²) in [4.78, 5) is 57.4. The van der Waals surface area contributed by atoms with Crippen molar-refractivity contribution in [3.63, 3.8) is 0 Å². The third-order valence-electron chi connectivity index (χ3n) is 4.50. The van der Waals surface area contributed by atoms with Crippen LogP contribution in [-0.4, -0.2) is 70.9 Å². The summed E-state index contributed by atoms with van der Waals surface area (Å²) in [5.41, 5.74) is 7.53. The Labute approximate surface area is 176 Å². The largest absolute Gasteiger partial charge is 0.480 e. The fourth-order valence-corrected chi connectivity index (χ4v) is 2.90. The van der Waals surface area contributed by atoms with Crippen LogP contribution in [0, 0.1) is 0 Å². The van der Waals surface area contributed by atoms with Gasteiger partial charge in [0.05, 0.1) is 42.1 Å². The first-order chi connectivity index (χ1) is 14.9. The van der Waals surface area contributed by atoms with Gasteiger partial charge in [-0.05, 0) is 0 Å². The van der Waals surface area contributed by atoms with Crippen LogP contribution < -0.4 is 16.4 Å². The van der Waals surface area contributed by atoms with Crippen molar-refractivity contribution in [2.24, 2.45) is 5.73 Å². The second kappa shape index (κ2) is 10.2. The van der Waals surface area contributed by atoms with Crippen LogP contribution >= 0.6 is 0 Å². The number of aliphatic carboxylic acids is 1. The Morgan fingerprint density at radius 3 is 1.71 bits per heavy atom. The first-order valence-corrected chi connectivity index (χ1v) is 9.44. The van der Waals surface area contributed by atoms with Crippen molar-refractivity contribution >= 4 is 17.8 Å². The number of rotatable bonds is 11. The summed E-state index contributed by atoms with van der Waals surface area (Å²) in [5.74, 6) is -2.47. The van der Waals surface area contributed by atoms with Crippen molar-refractivity contribution in [3.8, 4) is 0 Å². The highest BCUT2D eigenvalue weighted by atomic mass is 16.4. The Morgan fingerprint density at radius 2 is 1.26 bits per heavy atom. The molecule has 13 heteroatoms. The van der Waals surface area contributed by atoms with E-state index in [1.165, 1.54) is 19.0 Å². The predicted octanol–water partition coefficient (Wildman–Crippen LogP) is -1.73. The molecule has 0 aliphatic heterocycles. The van der Waals surface area contributed by atoms with Gasteiger partial charge in [0.1, 0.15) is 12.1 Å². The second-order valence-corrected chi connectivity index (χ2v) is 6.86. The molecule has 0 fully saturated rings. The van der Waals surface area contributed by atoms with Crippen LogP contribution in [0.3, 0.4) is 0 Å². The maximum atomic E-state index is 12.9. The van der Waals surface area contributed by atoms with Crippen molar-refractivity contribution in [2.75, 3.05) is 0 Å². The molecule has 0 unspecified atom stereocenters. The van der Waals surface area contributed by atoms with Crippen molar-refractivity contribution < 1.29 is 19.5 Å². The van der Waals surface area contributed by atoms with Gasteiger partial charge in [0, 0.05) is 37.9 Å². The Morgan fingerprint density at radius 1 is 0.806 bits per heavy atom. The Kier molecular flexibility index (Phi) is 7.11. The van der Waals surface area contributed by atoms with E-state index in [0.29, 0.717) is 17.1 Å². The lowest BCUT2D eigenvalue weighted by Gasteiger charge is -2.22. The highest BCUT2D eigenvalue weighted by Gasteiger charge is 2.29. The van der Waals surface area contributed by atoms with Crippen LogP contribution in [0.1, 0.15) is 17.1 Å². The van der Waals surface area contributed by atoms with Gasteiger partial charge in [-0.1, -0.05) is 0 Å². The Bertz CT molecular complexity index is 970. The minimum atomic E-state index is -1.23. The Balaban J connectivity index is 1.68. The number of hydrogen-bond donors (Lipinski definition) is 7. The molecule has 0 saturated heterocycles. The third kappa shape index (κ3) is 6.24. The van der Waals surface area contributed by atoms with Crippen molar-refractivity contribution in [3.05, 3.63) is 54.7 Å². The van der Waals surface area contributed by atoms with E-state index >= 15 is 0 Å². The number of amides is 2. The third-order valence-corrected chi connectivity index (χ3v) is 4.50. The highest BCUT2D eigenvalue weighted by Crippen LogP contribution is 2.04. The van der Waals surface area contributed by atoms with Crippen LogP contribution in [0.2, 0.25) is 0 Å². The zero-order valence-electron chi connectivity index (χ0n) is 16.4. The number of aromatic amines is 3. The normalized spacial score (nSPS) is 13.8. The summed E-state index contributed by atoms with van der Waals surface area (Å²) >= 11 is 0. The number of aromatic nitrogens is 6. The smallest absolute Gasteiger partial charge is 0.326 e. The lowest BCUT2D eigenvalue weighted by Crippen LogP contribution is -2.56. The molecular weight excluding hydrogens is 406 g/mol. The number of imidazole rings is 3. The zero-order chi connectivity index (χ0) is 22.2. The van der Waals surface area contributed by atoms with Crippen molar-refractivity contribution in [1.82, 2.24) is 40.5 Å². The maximum absolute atomic E-state index is 12.9. The molecule has 3 aromatic rings. The summed E-state index contributed by atoms with van der Waals surface area (Å²) in [6.45, 7) is 0. The fraction of sp³-hybridized carbons (Fsp3) is 0.333. The van der Waals surface area contributed by atoms with Gasteiger partial charge in [-0.25, -0.2) is 19.7 Å². The van der Waals surface area contributed by atoms with Gasteiger partial charge >= 0.3 is 5.97 Å². The van der Waals surface area contributed by atoms with E-state index < -0.39 is 35.9 Å². The van der Waals surface area contributed by atoms with Gasteiger partial charge in [-0.2, -0.15) is 0 Å². The number of carbonyl (C=O) groups is 3. The molecule has 0 saturated carbocycles. The van der Waals surface area contributed by atoms with Gasteiger partial charge in [-0.15, -0.1) is 0 Å². The summed E-state index contributed by atoms with van der Waals surface area (Å²) in [7, 11) is 0. The number of nitrogens with two attached hydrogens (primary N) is 1. The van der Waals surface area contributed by atoms with E-state index in [4.69, 9.17) is 5.73 Å². The number of hydrogen-bond acceptors (Lipinski definition) is 7. The molecule has 0 aromatic carbocycles. The van der Waals surface area contributed by atoms with Crippen LogP contribution in [0.15, 0.2) is 37.6 Å². The summed E-state index contributed by atoms with van der Waals surface area (Å²) in [6.07, 6.45) is 9.26. The summed E-state index contributed by atoms with van der Waals surface area (Å²) < 4.78 is 0. The quantitative estimate of drug-likeness (QED) is 0.186. The molecule has 3 heterocycles. The number of carboxylic acid groups (broad SMARTS) is 1. The molecule has 8 N–H and O–H groups in total. The summed E-state index contributed by atoms with van der Waals surface area (Å²) in [5, 5.41) is 14.5. The molecule has 164 valence electrons. The fourth-order valence-electron chi connectivity index (χ4n) is 2.90. The number of nitrogens with zero attached hydrogens (tertiary/aromatic N) is 3. The van der Waals surface area contributed by atoms with Gasteiger partial charge < -0.3 is 36.4 Å². The minimum Gasteiger partial charge on any atom is -0.480 e. The lowest BCUT2D eigenvalue weighted by atomic mass is 10.1. The lowest BCUT2D eigenvalue weighted by molar-refractivity contribution is -0.142. The molecular formula is C18H23N9O4. The number of nitrogens with one attached hydrogen (secondary N) is 5. The van der Waals surface area contributed by atoms with Gasteiger partial charge in [0.2, 0.25) is 11.8 Å². The molecule has 0 aliphatic rings. The number of carboxylic acids is 1. The average molecular weight is 429 g/mol. The number of carbonyl (C=O) groups excluding carboxylic acids is 2. The number of H-pyrrole nitrogens is 3. The molecule has 0 spiro atoms. The van der Waals surface area contributed by atoms with E-state index in [0.717, 1.165) is 0 Å². The average Bonchev–Trinajstić information content (AvgIpc) is 3.50. The molecule has 31 heavy (non-hydrogen) atoms. The molecule has 0 radical (unpaired) electrons. The zero-order valence-corrected chi connectivity index (χ0v) is 16.4. The predicted molar refractivity (Wildman–Crippen MR) is 106 cm³/mol. The Hall–Kier alpha value is -4.00. The molecule has 3 atom stereocenters. The molecule has 0 aliphatic carbocycles. The van der Waals surface area contributed by atoms with Crippen LogP contribution in [-0.2, 0) is 33.6 Å². The van der Waals surface area contributed by atoms with E-state index in [1.54, 1.807) is 18.6 Å². The summed E-state index contributed by atoms with van der Waals surface area (Å²) in [6, 6.07) is -3.26. The first-order valence-electron chi connectivity index (χ1n) is 9.44. The van der Waals surface area contributed by atoms with Gasteiger partial charge in [0.15, 0.2) is 0 Å². The van der Waals surface area contributed by atoms with Crippen LogP contribution in [0.25, 0.3) is 0 Å². The van der Waals surface area contributed by atoms with Gasteiger partial charge in [-0.3, -0.25) is 9.59 Å². The van der Waals surface area contributed by atoms with Gasteiger partial charge in [0.25, 0.3) is 0 Å². The topological polar surface area (TPSA) is 208 Å². The molecule has 13 nitrogen and oxygen atoms in total. The first kappa shape index (κ1) is 21.7. The van der Waals surface area contributed by atoms with Crippen molar-refractivity contribution in [2.45, 2.75) is 37.4 Å². The molecule has 2 amide bonds. The molecule has 3 rings (SSSR count). The monoisotopic (exact) mass is 429 g/mol. The van der Waals surface area contributed by atoms with E-state index in [2.05, 4.69) is 40.5 Å². The van der Waals surface area contributed by atoms with Crippen molar-refractivity contribution in [1.29, 1.82) is 0 Å². The highest BCUT2D eigenvalue weighted by molar-refractivity contribution is 5.92. The van der Waals surface area contributed by atoms with Crippen LogP contribution in [0.5, 0.6) is 0 Å². The van der Waals surface area contributed by atoms with E-state index in [1.807, 2.05) is 0 Å². The minimum absolute atomic E-state index is 0.0215. The van der Waals surface area contributed by atoms with E-state index in [9.17, 15) is 19.5 Å². The molecule has 0 bridgehead atoms. The standard InChI is InChI=1S/C18H23N9O4/c19-13(1-10-4-20-7-23-10)16(28)26-14(2-11-5-21-8-24-11)17(29)27-15(18(30)31)3-12-6-22-9-25-12/h4-9,13-15H,1-3,19H2,(H,20,23)(H,21,24)(H,22,25)(H,26,28)(H,27,29)(H,30,31)/t13-,14-,15-/m1/s1. The SMILES string of the molecule is N[C@H](Cc1c[nH]cn1)C(=O)N[C@H](Cc1c[nH]cn1)C(=O)N[C@H](Cc1c[nH]cn1)C(=O)O. The van der Waals surface area contributed by atoms with E-state index in [-0.39, 0.29) is 19.3 Å². The second-order valence-electron chi connectivity index (χ2n) is 6.86.